The fraction of sp³-hybridized carbons (Fsp3) is 0.222. The van der Waals surface area contributed by atoms with E-state index in [9.17, 15) is 4.79 Å². The van der Waals surface area contributed by atoms with Crippen molar-refractivity contribution in [2.45, 2.75) is 27.2 Å². The van der Waals surface area contributed by atoms with Crippen LogP contribution in [0.4, 0.5) is 5.13 Å². The van der Waals surface area contributed by atoms with Crippen LogP contribution in [0, 0.1) is 20.8 Å². The monoisotopic (exact) mass is 326 g/mol. The highest BCUT2D eigenvalue weighted by Crippen LogP contribution is 2.26. The minimum Gasteiger partial charge on any atom is -0.460 e. The van der Waals surface area contributed by atoms with E-state index in [1.807, 2.05) is 42.6 Å². The molecule has 0 saturated carbocycles. The number of hydrogen-bond donors (Lipinski definition) is 1. The Bertz CT molecular complexity index is 848. The Kier molecular flexibility index (Phi) is 4.30. The molecular weight excluding hydrogens is 308 g/mol. The fourth-order valence-corrected chi connectivity index (χ4v) is 2.99. The van der Waals surface area contributed by atoms with Crippen LogP contribution in [0.3, 0.4) is 0 Å². The molecule has 23 heavy (non-hydrogen) atoms. The lowest BCUT2D eigenvalue weighted by atomic mass is 10.0. The molecule has 0 aliphatic heterocycles. The Morgan fingerprint density at radius 3 is 2.70 bits per heavy atom. The molecule has 2 heterocycles. The molecule has 3 rings (SSSR count). The molecule has 118 valence electrons. The van der Waals surface area contributed by atoms with Gasteiger partial charge >= 0.3 is 0 Å². The number of hydrogen-bond acceptors (Lipinski definition) is 4. The Labute approximate surface area is 139 Å². The summed E-state index contributed by atoms with van der Waals surface area (Å²) in [7, 11) is 0. The highest BCUT2D eigenvalue weighted by Gasteiger charge is 2.11. The third-order valence-corrected chi connectivity index (χ3v) is 4.44. The third-order valence-electron chi connectivity index (χ3n) is 3.68. The maximum absolute atomic E-state index is 12.2. The number of benzene rings is 1. The number of nitrogens with one attached hydrogen (secondary N) is 1. The van der Waals surface area contributed by atoms with Crippen LogP contribution in [0.2, 0.25) is 0 Å². The lowest BCUT2D eigenvalue weighted by molar-refractivity contribution is -0.115. The van der Waals surface area contributed by atoms with E-state index in [1.54, 1.807) is 0 Å². The summed E-state index contributed by atoms with van der Waals surface area (Å²) in [4.78, 5) is 16.6. The number of aromatic nitrogens is 1. The molecule has 3 aromatic rings. The molecule has 5 heteroatoms. The van der Waals surface area contributed by atoms with Gasteiger partial charge in [-0.1, -0.05) is 18.2 Å². The first kappa shape index (κ1) is 15.5. The van der Waals surface area contributed by atoms with E-state index in [-0.39, 0.29) is 5.91 Å². The predicted octanol–water partition coefficient (Wildman–Crippen LogP) is 4.51. The van der Waals surface area contributed by atoms with Crippen molar-refractivity contribution in [2.75, 3.05) is 5.32 Å². The van der Waals surface area contributed by atoms with Gasteiger partial charge in [0.05, 0.1) is 6.42 Å². The normalized spacial score (nSPS) is 10.7. The van der Waals surface area contributed by atoms with E-state index >= 15 is 0 Å². The van der Waals surface area contributed by atoms with Crippen molar-refractivity contribution in [1.29, 1.82) is 0 Å². The molecule has 0 aliphatic rings. The second-order valence-corrected chi connectivity index (χ2v) is 6.45. The average molecular weight is 326 g/mol. The van der Waals surface area contributed by atoms with Crippen LogP contribution in [0.15, 0.2) is 40.1 Å². The molecule has 0 atom stereocenters. The summed E-state index contributed by atoms with van der Waals surface area (Å²) in [5.41, 5.74) is 4.17. The molecule has 1 aromatic carbocycles. The molecule has 0 unspecified atom stereocenters. The zero-order valence-corrected chi connectivity index (χ0v) is 14.2. The first-order valence-corrected chi connectivity index (χ1v) is 8.27. The number of rotatable bonds is 4. The number of carbonyl (C=O) groups is 1. The van der Waals surface area contributed by atoms with Gasteiger partial charge in [-0.25, -0.2) is 4.98 Å². The van der Waals surface area contributed by atoms with Gasteiger partial charge in [0.15, 0.2) is 10.9 Å². The van der Waals surface area contributed by atoms with Gasteiger partial charge in [-0.15, -0.1) is 11.3 Å². The summed E-state index contributed by atoms with van der Waals surface area (Å²) in [6.45, 7) is 6.00. The molecule has 4 nitrogen and oxygen atoms in total. The van der Waals surface area contributed by atoms with Crippen LogP contribution in [0.5, 0.6) is 0 Å². The summed E-state index contributed by atoms with van der Waals surface area (Å²) in [5, 5.41) is 5.31. The number of carbonyl (C=O) groups excluding carboxylic acids is 1. The second-order valence-electron chi connectivity index (χ2n) is 5.59. The number of nitrogens with zero attached hydrogens (tertiary/aromatic N) is 1. The predicted molar refractivity (Wildman–Crippen MR) is 92.8 cm³/mol. The molecule has 0 saturated heterocycles. The summed E-state index contributed by atoms with van der Waals surface area (Å²) in [5.74, 6) is 1.49. The van der Waals surface area contributed by atoms with Gasteiger partial charge in [-0.05, 0) is 49.6 Å². The molecule has 1 N–H and O–H groups in total. The molecule has 0 radical (unpaired) electrons. The number of aryl methyl sites for hydroxylation is 3. The lowest BCUT2D eigenvalue weighted by Gasteiger charge is -2.05. The van der Waals surface area contributed by atoms with E-state index in [0.29, 0.717) is 17.3 Å². The second kappa shape index (κ2) is 6.38. The van der Waals surface area contributed by atoms with Crippen LogP contribution in [0.1, 0.15) is 22.5 Å². The van der Waals surface area contributed by atoms with Gasteiger partial charge in [0.2, 0.25) is 5.91 Å². The number of furan rings is 1. The van der Waals surface area contributed by atoms with E-state index in [2.05, 4.69) is 24.1 Å². The lowest BCUT2D eigenvalue weighted by Crippen LogP contribution is -2.14. The van der Waals surface area contributed by atoms with Crippen molar-refractivity contribution >= 4 is 22.4 Å². The molecule has 0 fully saturated rings. The molecule has 0 aliphatic carbocycles. The Morgan fingerprint density at radius 2 is 2.00 bits per heavy atom. The van der Waals surface area contributed by atoms with Crippen molar-refractivity contribution in [3.8, 4) is 11.5 Å². The van der Waals surface area contributed by atoms with Crippen LogP contribution < -0.4 is 5.32 Å². The van der Waals surface area contributed by atoms with E-state index in [1.165, 1.54) is 22.5 Å². The average Bonchev–Trinajstić information content (AvgIpc) is 3.12. The van der Waals surface area contributed by atoms with Crippen molar-refractivity contribution in [1.82, 2.24) is 4.98 Å². The van der Waals surface area contributed by atoms with Crippen molar-refractivity contribution in [3.05, 3.63) is 58.2 Å². The minimum absolute atomic E-state index is 0.0650. The first-order chi connectivity index (χ1) is 11.0. The van der Waals surface area contributed by atoms with Crippen molar-refractivity contribution in [3.63, 3.8) is 0 Å². The quantitative estimate of drug-likeness (QED) is 0.767. The summed E-state index contributed by atoms with van der Waals surface area (Å²) in [6.07, 6.45) is 0.343. The summed E-state index contributed by atoms with van der Waals surface area (Å²) >= 11 is 1.40. The molecular formula is C18H18N2O2S. The SMILES string of the molecule is Cc1ccc(-c2csc(NC(=O)Cc3ccc(C)c(C)c3)n2)o1. The van der Waals surface area contributed by atoms with E-state index in [4.69, 9.17) is 4.42 Å². The highest BCUT2D eigenvalue weighted by atomic mass is 32.1. The van der Waals surface area contributed by atoms with Crippen molar-refractivity contribution in [2.24, 2.45) is 0 Å². The minimum atomic E-state index is -0.0650. The van der Waals surface area contributed by atoms with Gasteiger partial charge in [0.25, 0.3) is 0 Å². The van der Waals surface area contributed by atoms with E-state index in [0.717, 1.165) is 17.0 Å². The largest absolute Gasteiger partial charge is 0.460 e. The van der Waals surface area contributed by atoms with Crippen LogP contribution in [0.25, 0.3) is 11.5 Å². The molecule has 1 amide bonds. The summed E-state index contributed by atoms with van der Waals surface area (Å²) < 4.78 is 5.54. The standard InChI is InChI=1S/C18H18N2O2S/c1-11-4-6-14(8-12(11)2)9-17(21)20-18-19-15(10-23-18)16-7-5-13(3)22-16/h4-8,10H,9H2,1-3H3,(H,19,20,21). The van der Waals surface area contributed by atoms with Crippen LogP contribution in [-0.4, -0.2) is 10.9 Å². The highest BCUT2D eigenvalue weighted by molar-refractivity contribution is 7.14. The van der Waals surface area contributed by atoms with Crippen LogP contribution >= 0.6 is 11.3 Å². The van der Waals surface area contributed by atoms with Gasteiger partial charge in [0.1, 0.15) is 11.5 Å². The summed E-state index contributed by atoms with van der Waals surface area (Å²) in [6, 6.07) is 9.85. The van der Waals surface area contributed by atoms with E-state index < -0.39 is 0 Å². The van der Waals surface area contributed by atoms with Gasteiger partial charge < -0.3 is 9.73 Å². The van der Waals surface area contributed by atoms with Crippen molar-refractivity contribution < 1.29 is 9.21 Å². The third kappa shape index (κ3) is 3.68. The molecule has 0 bridgehead atoms. The smallest absolute Gasteiger partial charge is 0.230 e. The maximum atomic E-state index is 12.2. The number of thiazole rings is 1. The molecule has 0 spiro atoms. The fourth-order valence-electron chi connectivity index (χ4n) is 2.28. The zero-order valence-electron chi connectivity index (χ0n) is 13.3. The Balaban J connectivity index is 1.66. The van der Waals surface area contributed by atoms with Gasteiger partial charge in [0, 0.05) is 5.38 Å². The van der Waals surface area contributed by atoms with Crippen LogP contribution in [-0.2, 0) is 11.2 Å². The van der Waals surface area contributed by atoms with Gasteiger partial charge in [-0.2, -0.15) is 0 Å². The molecule has 2 aromatic heterocycles. The Morgan fingerprint density at radius 1 is 1.17 bits per heavy atom. The topological polar surface area (TPSA) is 55.1 Å². The number of anilines is 1. The van der Waals surface area contributed by atoms with Gasteiger partial charge in [-0.3, -0.25) is 4.79 Å². The Hall–Kier alpha value is -2.40. The zero-order chi connectivity index (χ0) is 16.4. The maximum Gasteiger partial charge on any atom is 0.230 e. The number of amides is 1. The first-order valence-electron chi connectivity index (χ1n) is 7.39.